The summed E-state index contributed by atoms with van der Waals surface area (Å²) in [6, 6.07) is 23.6. The minimum Gasteiger partial charge on any atom is -0.334 e. The molecular formula is C30H28Cl2N4O. The minimum absolute atomic E-state index is 0.174. The summed E-state index contributed by atoms with van der Waals surface area (Å²) in [5, 5.41) is 4.23. The average molecular weight is 531 g/mol. The van der Waals surface area contributed by atoms with Gasteiger partial charge in [0.25, 0.3) is 5.91 Å². The van der Waals surface area contributed by atoms with Crippen LogP contribution in [0.25, 0.3) is 0 Å². The number of amides is 1. The second-order valence-electron chi connectivity index (χ2n) is 9.32. The summed E-state index contributed by atoms with van der Waals surface area (Å²) in [4.78, 5) is 25.2. The summed E-state index contributed by atoms with van der Waals surface area (Å²) in [7, 11) is 0. The molecule has 1 aliphatic heterocycles. The molecule has 4 aromatic rings. The van der Waals surface area contributed by atoms with Gasteiger partial charge in [-0.05, 0) is 79.6 Å². The first-order valence-corrected chi connectivity index (χ1v) is 13.2. The molecule has 1 N–H and O–H groups in total. The van der Waals surface area contributed by atoms with E-state index in [0.29, 0.717) is 28.6 Å². The van der Waals surface area contributed by atoms with E-state index in [0.717, 1.165) is 36.5 Å². The van der Waals surface area contributed by atoms with E-state index in [-0.39, 0.29) is 11.9 Å². The van der Waals surface area contributed by atoms with Crippen molar-refractivity contribution in [3.63, 3.8) is 0 Å². The minimum atomic E-state index is -0.246. The van der Waals surface area contributed by atoms with Crippen molar-refractivity contribution >= 4 is 40.7 Å². The number of aromatic nitrogens is 2. The monoisotopic (exact) mass is 530 g/mol. The van der Waals surface area contributed by atoms with Crippen LogP contribution in [0.3, 0.4) is 0 Å². The molecule has 3 aromatic carbocycles. The number of rotatable bonds is 7. The number of halogens is 2. The van der Waals surface area contributed by atoms with Crippen molar-refractivity contribution < 1.29 is 4.79 Å². The number of hydrogen-bond donors (Lipinski definition) is 1. The number of carbonyl (C=O) groups is 1. The van der Waals surface area contributed by atoms with Crippen molar-refractivity contribution in [2.24, 2.45) is 0 Å². The molecule has 37 heavy (non-hydrogen) atoms. The van der Waals surface area contributed by atoms with Crippen LogP contribution in [0, 0.1) is 6.92 Å². The van der Waals surface area contributed by atoms with E-state index in [4.69, 9.17) is 28.2 Å². The smallest absolute Gasteiger partial charge is 0.259 e. The Kier molecular flexibility index (Phi) is 7.73. The van der Waals surface area contributed by atoms with Crippen LogP contribution in [0.15, 0.2) is 79.0 Å². The summed E-state index contributed by atoms with van der Waals surface area (Å²) < 4.78 is 0. The first kappa shape index (κ1) is 25.2. The van der Waals surface area contributed by atoms with Gasteiger partial charge in [-0.1, -0.05) is 65.7 Å². The lowest BCUT2D eigenvalue weighted by Crippen LogP contribution is -2.26. The zero-order valence-corrected chi connectivity index (χ0v) is 22.1. The first-order chi connectivity index (χ1) is 18.0. The highest BCUT2D eigenvalue weighted by atomic mass is 35.5. The van der Waals surface area contributed by atoms with Crippen LogP contribution in [0.2, 0.25) is 10.0 Å². The summed E-state index contributed by atoms with van der Waals surface area (Å²) >= 11 is 12.2. The molecule has 2 heterocycles. The molecule has 1 aromatic heterocycles. The lowest BCUT2D eigenvalue weighted by atomic mass is 10.0. The Bertz CT molecular complexity index is 1410. The second-order valence-corrected chi connectivity index (χ2v) is 10.2. The molecule has 1 saturated heterocycles. The van der Waals surface area contributed by atoms with E-state index in [2.05, 4.69) is 46.4 Å². The van der Waals surface area contributed by atoms with Gasteiger partial charge in [-0.2, -0.15) is 0 Å². The lowest BCUT2D eigenvalue weighted by molar-refractivity contribution is 0.102. The van der Waals surface area contributed by atoms with Gasteiger partial charge >= 0.3 is 0 Å². The molecule has 1 unspecified atom stereocenters. The Morgan fingerprint density at radius 3 is 2.59 bits per heavy atom. The quantitative estimate of drug-likeness (QED) is 0.269. The summed E-state index contributed by atoms with van der Waals surface area (Å²) in [5.74, 6) is 0.404. The van der Waals surface area contributed by atoms with Crippen molar-refractivity contribution in [3.8, 4) is 0 Å². The van der Waals surface area contributed by atoms with Gasteiger partial charge in [-0.15, -0.1) is 0 Å². The van der Waals surface area contributed by atoms with Gasteiger partial charge in [-0.25, -0.2) is 9.97 Å². The number of aryl methyl sites for hydroxylation is 3. The molecule has 1 aliphatic rings. The maximum Gasteiger partial charge on any atom is 0.259 e. The average Bonchev–Trinajstić information content (AvgIpc) is 3.38. The number of anilines is 2. The maximum atomic E-state index is 13.3. The van der Waals surface area contributed by atoms with Gasteiger partial charge in [0.05, 0.1) is 17.3 Å². The lowest BCUT2D eigenvalue weighted by Gasteiger charge is -2.26. The highest BCUT2D eigenvalue weighted by Gasteiger charge is 2.29. The first-order valence-electron chi connectivity index (χ1n) is 12.5. The van der Waals surface area contributed by atoms with E-state index in [1.807, 2.05) is 30.3 Å². The highest BCUT2D eigenvalue weighted by Crippen LogP contribution is 2.35. The Balaban J connectivity index is 1.46. The van der Waals surface area contributed by atoms with Crippen LogP contribution in [0.5, 0.6) is 0 Å². The van der Waals surface area contributed by atoms with E-state index in [9.17, 15) is 4.79 Å². The Morgan fingerprint density at radius 1 is 1.00 bits per heavy atom. The molecule has 5 nitrogen and oxygen atoms in total. The third-order valence-corrected chi connectivity index (χ3v) is 7.33. The van der Waals surface area contributed by atoms with Crippen molar-refractivity contribution in [1.82, 2.24) is 9.97 Å². The molecule has 0 spiro atoms. The largest absolute Gasteiger partial charge is 0.334 e. The molecule has 1 atom stereocenters. The molecule has 1 fully saturated rings. The van der Waals surface area contributed by atoms with Crippen LogP contribution in [0.4, 0.5) is 11.6 Å². The molecule has 0 radical (unpaired) electrons. The van der Waals surface area contributed by atoms with Crippen molar-refractivity contribution in [1.29, 1.82) is 0 Å². The fraction of sp³-hybridized carbons (Fsp3) is 0.233. The molecule has 5 rings (SSSR count). The van der Waals surface area contributed by atoms with Crippen molar-refractivity contribution in [3.05, 3.63) is 117 Å². The summed E-state index contributed by atoms with van der Waals surface area (Å²) in [5.41, 5.74) is 5.49. The van der Waals surface area contributed by atoms with Crippen LogP contribution in [-0.4, -0.2) is 22.4 Å². The van der Waals surface area contributed by atoms with Gasteiger partial charge in [0.15, 0.2) is 0 Å². The molecule has 1 amide bonds. The number of benzene rings is 3. The third kappa shape index (κ3) is 5.95. The second kappa shape index (κ2) is 11.3. The number of nitrogens with one attached hydrogen (secondary N) is 1. The van der Waals surface area contributed by atoms with Crippen LogP contribution in [0.1, 0.15) is 51.6 Å². The van der Waals surface area contributed by atoms with Crippen LogP contribution >= 0.6 is 23.2 Å². The molecule has 0 bridgehead atoms. The topological polar surface area (TPSA) is 58.1 Å². The summed E-state index contributed by atoms with van der Waals surface area (Å²) in [6.45, 7) is 2.97. The Morgan fingerprint density at radius 2 is 1.81 bits per heavy atom. The van der Waals surface area contributed by atoms with Gasteiger partial charge in [-0.3, -0.25) is 4.79 Å². The predicted octanol–water partition coefficient (Wildman–Crippen LogP) is 7.47. The third-order valence-electron chi connectivity index (χ3n) is 6.84. The van der Waals surface area contributed by atoms with Gasteiger partial charge in [0.1, 0.15) is 0 Å². The predicted molar refractivity (Wildman–Crippen MR) is 151 cm³/mol. The number of nitrogens with zero attached hydrogens (tertiary/aromatic N) is 3. The Labute approximate surface area is 227 Å². The zero-order valence-electron chi connectivity index (χ0n) is 20.6. The van der Waals surface area contributed by atoms with E-state index in [1.165, 1.54) is 16.7 Å². The fourth-order valence-corrected chi connectivity index (χ4v) is 5.19. The molecule has 7 heteroatoms. The van der Waals surface area contributed by atoms with Gasteiger partial charge in [0.2, 0.25) is 5.95 Å². The van der Waals surface area contributed by atoms with Crippen molar-refractivity contribution in [2.75, 3.05) is 16.8 Å². The van der Waals surface area contributed by atoms with E-state index >= 15 is 0 Å². The normalized spacial score (nSPS) is 15.1. The molecule has 188 valence electrons. The Hall–Kier alpha value is -3.41. The van der Waals surface area contributed by atoms with Crippen LogP contribution < -0.4 is 10.2 Å². The maximum absolute atomic E-state index is 13.3. The van der Waals surface area contributed by atoms with Gasteiger partial charge in [0, 0.05) is 28.5 Å². The number of carbonyl (C=O) groups excluding carboxylic acids is 1. The summed E-state index contributed by atoms with van der Waals surface area (Å²) in [6.07, 6.45) is 5.12. The standard InChI is InChI=1S/C30H28Cl2N4O/c1-20-6-2-3-7-21(20)13-16-27-26(29(37)34-25-9-4-8-24(32)18-25)19-33-30(35-27)36-17-5-10-28(36)22-11-14-23(31)15-12-22/h2-4,6-9,11-12,14-15,18-19,28H,5,10,13,16-17H2,1H3,(H,34,37). The van der Waals surface area contributed by atoms with E-state index < -0.39 is 0 Å². The SMILES string of the molecule is Cc1ccccc1CCc1nc(N2CCCC2c2ccc(Cl)cc2)ncc1C(=O)Nc1cccc(Cl)c1. The highest BCUT2D eigenvalue weighted by molar-refractivity contribution is 6.31. The molecule has 0 saturated carbocycles. The molecule has 0 aliphatic carbocycles. The van der Waals surface area contributed by atoms with E-state index in [1.54, 1.807) is 24.4 Å². The van der Waals surface area contributed by atoms with Gasteiger partial charge < -0.3 is 10.2 Å². The zero-order chi connectivity index (χ0) is 25.8. The fourth-order valence-electron chi connectivity index (χ4n) is 4.87. The number of hydrogen-bond acceptors (Lipinski definition) is 4. The molecular weight excluding hydrogens is 503 g/mol. The van der Waals surface area contributed by atoms with Crippen molar-refractivity contribution in [2.45, 2.75) is 38.6 Å². The van der Waals surface area contributed by atoms with Crippen LogP contribution in [-0.2, 0) is 12.8 Å².